The first-order valence-electron chi connectivity index (χ1n) is 5.08. The van der Waals surface area contributed by atoms with Crippen LogP contribution in [-0.4, -0.2) is 9.91 Å². The van der Waals surface area contributed by atoms with Crippen molar-refractivity contribution >= 4 is 17.3 Å². The highest BCUT2D eigenvalue weighted by molar-refractivity contribution is 6.33. The molecule has 0 N–H and O–H groups in total. The number of nitriles is 1. The summed E-state index contributed by atoms with van der Waals surface area (Å²) in [6.07, 6.45) is 1.37. The lowest BCUT2D eigenvalue weighted by Gasteiger charge is -2.06. The molecule has 0 radical (unpaired) electrons. The molecule has 1 heterocycles. The summed E-state index contributed by atoms with van der Waals surface area (Å²) in [7, 11) is 0. The lowest BCUT2D eigenvalue weighted by Crippen LogP contribution is -1.92. The Labute approximate surface area is 113 Å². The number of ether oxygens (including phenoxy) is 1. The van der Waals surface area contributed by atoms with Gasteiger partial charge in [0.15, 0.2) is 0 Å². The molecule has 6 nitrogen and oxygen atoms in total. The topological polar surface area (TPSA) is 89.0 Å². The van der Waals surface area contributed by atoms with Crippen LogP contribution >= 0.6 is 11.6 Å². The van der Waals surface area contributed by atoms with Gasteiger partial charge in [-0.05, 0) is 12.1 Å². The zero-order valence-electron chi connectivity index (χ0n) is 9.41. The third-order valence-electron chi connectivity index (χ3n) is 2.22. The van der Waals surface area contributed by atoms with E-state index in [9.17, 15) is 10.1 Å². The highest BCUT2D eigenvalue weighted by Gasteiger charge is 2.12. The Morgan fingerprint density at radius 2 is 2.21 bits per heavy atom. The summed E-state index contributed by atoms with van der Waals surface area (Å²) in [5, 5.41) is 19.5. The van der Waals surface area contributed by atoms with Crippen LogP contribution < -0.4 is 4.74 Å². The van der Waals surface area contributed by atoms with E-state index in [1.54, 1.807) is 0 Å². The molecule has 0 aliphatic heterocycles. The summed E-state index contributed by atoms with van der Waals surface area (Å²) in [4.78, 5) is 14.0. The smallest absolute Gasteiger partial charge is 0.273 e. The number of non-ortho nitro benzene ring substituents is 1. The molecule has 0 atom stereocenters. The van der Waals surface area contributed by atoms with Gasteiger partial charge in [0.1, 0.15) is 16.8 Å². The van der Waals surface area contributed by atoms with Gasteiger partial charge in [0, 0.05) is 12.3 Å². The molecule has 0 saturated carbocycles. The number of pyridine rings is 1. The molecule has 19 heavy (non-hydrogen) atoms. The fourth-order valence-electron chi connectivity index (χ4n) is 1.35. The van der Waals surface area contributed by atoms with Crippen LogP contribution in [0.4, 0.5) is 5.69 Å². The Kier molecular flexibility index (Phi) is 3.59. The van der Waals surface area contributed by atoms with E-state index in [0.29, 0.717) is 0 Å². The summed E-state index contributed by atoms with van der Waals surface area (Å²) in [6.45, 7) is 0. The number of hydrogen-bond acceptors (Lipinski definition) is 5. The van der Waals surface area contributed by atoms with Crippen LogP contribution in [0.2, 0.25) is 5.02 Å². The van der Waals surface area contributed by atoms with E-state index in [1.165, 1.54) is 36.5 Å². The summed E-state index contributed by atoms with van der Waals surface area (Å²) in [5.41, 5.74) is 0.113. The van der Waals surface area contributed by atoms with Gasteiger partial charge >= 0.3 is 0 Å². The molecule has 0 unspecified atom stereocenters. The number of nitro groups is 1. The Balaban J connectivity index is 2.34. The lowest BCUT2D eigenvalue weighted by atomic mass is 10.3. The Morgan fingerprint density at radius 1 is 1.42 bits per heavy atom. The van der Waals surface area contributed by atoms with Crippen LogP contribution in [-0.2, 0) is 0 Å². The number of rotatable bonds is 3. The van der Waals surface area contributed by atoms with E-state index in [1.807, 2.05) is 6.07 Å². The largest absolute Gasteiger partial charge is 0.437 e. The highest BCUT2D eigenvalue weighted by Crippen LogP contribution is 2.30. The van der Waals surface area contributed by atoms with Crippen molar-refractivity contribution in [3.8, 4) is 17.7 Å². The number of nitrogens with zero attached hydrogens (tertiary/aromatic N) is 3. The first kappa shape index (κ1) is 12.8. The molecule has 2 rings (SSSR count). The van der Waals surface area contributed by atoms with Crippen LogP contribution in [0.15, 0.2) is 36.5 Å². The van der Waals surface area contributed by atoms with Crippen molar-refractivity contribution in [2.45, 2.75) is 0 Å². The molecule has 7 heteroatoms. The number of aromatic nitrogens is 1. The van der Waals surface area contributed by atoms with E-state index >= 15 is 0 Å². The minimum atomic E-state index is -0.534. The Bertz CT molecular complexity index is 682. The number of halogens is 1. The van der Waals surface area contributed by atoms with Gasteiger partial charge in [0.05, 0.1) is 16.6 Å². The summed E-state index contributed by atoms with van der Waals surface area (Å²) < 4.78 is 5.34. The maximum absolute atomic E-state index is 10.6. The van der Waals surface area contributed by atoms with Gasteiger partial charge in [-0.25, -0.2) is 4.98 Å². The van der Waals surface area contributed by atoms with Crippen molar-refractivity contribution in [3.05, 3.63) is 57.2 Å². The number of hydrogen-bond donors (Lipinski definition) is 0. The molecule has 0 aliphatic carbocycles. The summed E-state index contributed by atoms with van der Waals surface area (Å²) in [5.74, 6) is 0.250. The normalized spacial score (nSPS) is 9.68. The molecule has 0 saturated heterocycles. The van der Waals surface area contributed by atoms with Gasteiger partial charge in [-0.1, -0.05) is 17.7 Å². The van der Waals surface area contributed by atoms with E-state index in [-0.39, 0.29) is 27.9 Å². The van der Waals surface area contributed by atoms with Crippen molar-refractivity contribution < 1.29 is 9.66 Å². The molecule has 0 spiro atoms. The molecule has 2 aromatic rings. The average molecular weight is 276 g/mol. The lowest BCUT2D eigenvalue weighted by molar-refractivity contribution is -0.384. The van der Waals surface area contributed by atoms with Crippen molar-refractivity contribution in [2.75, 3.05) is 0 Å². The summed E-state index contributed by atoms with van der Waals surface area (Å²) >= 11 is 5.92. The zero-order chi connectivity index (χ0) is 13.8. The maximum atomic E-state index is 10.6. The molecule has 94 valence electrons. The predicted molar refractivity (Wildman–Crippen MR) is 67.1 cm³/mol. The first-order valence-corrected chi connectivity index (χ1v) is 5.46. The Morgan fingerprint density at radius 3 is 2.89 bits per heavy atom. The number of benzene rings is 1. The molecule has 0 bridgehead atoms. The van der Waals surface area contributed by atoms with Crippen LogP contribution in [0.5, 0.6) is 11.6 Å². The second kappa shape index (κ2) is 5.33. The standard InChI is InChI=1S/C12H6ClN3O3/c13-11-8(7-14)4-5-15-12(11)19-10-3-1-2-9(6-10)16(17)18/h1-6H. The van der Waals surface area contributed by atoms with E-state index in [0.717, 1.165) is 0 Å². The van der Waals surface area contributed by atoms with Crippen LogP contribution in [0.1, 0.15) is 5.56 Å². The van der Waals surface area contributed by atoms with Gasteiger partial charge < -0.3 is 4.74 Å². The van der Waals surface area contributed by atoms with Gasteiger partial charge in [-0.15, -0.1) is 0 Å². The van der Waals surface area contributed by atoms with Gasteiger partial charge in [0.2, 0.25) is 5.88 Å². The van der Waals surface area contributed by atoms with E-state index < -0.39 is 4.92 Å². The fourth-order valence-corrected chi connectivity index (χ4v) is 1.55. The molecule has 1 aromatic carbocycles. The minimum absolute atomic E-state index is 0.0289. The monoisotopic (exact) mass is 275 g/mol. The van der Waals surface area contributed by atoms with Crippen LogP contribution in [0.3, 0.4) is 0 Å². The quantitative estimate of drug-likeness (QED) is 0.633. The summed E-state index contributed by atoms with van der Waals surface area (Å²) in [6, 6.07) is 8.94. The minimum Gasteiger partial charge on any atom is -0.437 e. The second-order valence-electron chi connectivity index (χ2n) is 3.45. The van der Waals surface area contributed by atoms with Crippen molar-refractivity contribution in [1.82, 2.24) is 4.98 Å². The molecule has 0 aliphatic rings. The van der Waals surface area contributed by atoms with Crippen LogP contribution in [0.25, 0.3) is 0 Å². The maximum Gasteiger partial charge on any atom is 0.273 e. The van der Waals surface area contributed by atoms with Crippen molar-refractivity contribution in [1.29, 1.82) is 5.26 Å². The van der Waals surface area contributed by atoms with Gasteiger partial charge in [-0.3, -0.25) is 10.1 Å². The fraction of sp³-hybridized carbons (Fsp3) is 0. The first-order chi connectivity index (χ1) is 9.11. The average Bonchev–Trinajstić information content (AvgIpc) is 2.41. The molecule has 0 amide bonds. The highest BCUT2D eigenvalue weighted by atomic mass is 35.5. The molecule has 1 aromatic heterocycles. The molecular weight excluding hydrogens is 270 g/mol. The van der Waals surface area contributed by atoms with Gasteiger partial charge in [-0.2, -0.15) is 5.26 Å². The van der Waals surface area contributed by atoms with Crippen molar-refractivity contribution in [2.24, 2.45) is 0 Å². The van der Waals surface area contributed by atoms with Crippen molar-refractivity contribution in [3.63, 3.8) is 0 Å². The SMILES string of the molecule is N#Cc1ccnc(Oc2cccc([N+](=O)[O-])c2)c1Cl. The Hall–Kier alpha value is -2.65. The second-order valence-corrected chi connectivity index (χ2v) is 3.82. The molecule has 0 fully saturated rings. The van der Waals surface area contributed by atoms with Gasteiger partial charge in [0.25, 0.3) is 5.69 Å². The predicted octanol–water partition coefficient (Wildman–Crippen LogP) is 3.31. The van der Waals surface area contributed by atoms with E-state index in [4.69, 9.17) is 21.6 Å². The third kappa shape index (κ3) is 2.78. The van der Waals surface area contributed by atoms with E-state index in [2.05, 4.69) is 4.98 Å². The zero-order valence-corrected chi connectivity index (χ0v) is 10.2. The number of nitro benzene ring substituents is 1. The third-order valence-corrected chi connectivity index (χ3v) is 2.59. The van der Waals surface area contributed by atoms with Crippen LogP contribution in [0, 0.1) is 21.4 Å². The molecular formula is C12H6ClN3O3.